The highest BCUT2D eigenvalue weighted by Gasteiger charge is 2.13. The molecule has 2 amide bonds. The predicted molar refractivity (Wildman–Crippen MR) is 96.2 cm³/mol. The van der Waals surface area contributed by atoms with Crippen LogP contribution in [0.3, 0.4) is 0 Å². The summed E-state index contributed by atoms with van der Waals surface area (Å²) in [6.07, 6.45) is 0. The Balaban J connectivity index is 2.12. The molecule has 0 saturated carbocycles. The van der Waals surface area contributed by atoms with E-state index in [0.29, 0.717) is 11.3 Å². The molecule has 0 aliphatic carbocycles. The Kier molecular flexibility index (Phi) is 6.40. The molecule has 0 aromatic heterocycles. The Labute approximate surface area is 145 Å². The van der Waals surface area contributed by atoms with Crippen molar-refractivity contribution in [2.45, 2.75) is 11.5 Å². The minimum Gasteiger partial charge on any atom is -0.392 e. The maximum Gasteiger partial charge on any atom is 0.256 e. The summed E-state index contributed by atoms with van der Waals surface area (Å²) in [5.74, 6) is 0.0217. The number of anilines is 1. The van der Waals surface area contributed by atoms with Crippen molar-refractivity contribution in [2.24, 2.45) is 0 Å². The van der Waals surface area contributed by atoms with Crippen molar-refractivity contribution in [1.82, 2.24) is 4.90 Å². The Hall–Kier alpha value is -2.31. The lowest BCUT2D eigenvalue weighted by Gasteiger charge is -2.12. The quantitative estimate of drug-likeness (QED) is 0.791. The minimum atomic E-state index is -0.245. The van der Waals surface area contributed by atoms with E-state index in [9.17, 15) is 14.7 Å². The molecule has 0 saturated heterocycles. The third-order valence-electron chi connectivity index (χ3n) is 3.35. The number of aliphatic hydroxyl groups is 1. The molecule has 0 spiro atoms. The second kappa shape index (κ2) is 8.52. The summed E-state index contributed by atoms with van der Waals surface area (Å²) in [5.41, 5.74) is 1.87. The van der Waals surface area contributed by atoms with E-state index in [-0.39, 0.29) is 24.2 Å². The summed E-state index contributed by atoms with van der Waals surface area (Å²) >= 11 is 1.34. The second-order valence-corrected chi connectivity index (χ2v) is 6.40. The van der Waals surface area contributed by atoms with Gasteiger partial charge in [-0.1, -0.05) is 24.3 Å². The van der Waals surface area contributed by atoms with Crippen LogP contribution < -0.4 is 5.32 Å². The Bertz CT molecular complexity index is 732. The van der Waals surface area contributed by atoms with Crippen molar-refractivity contribution in [1.29, 1.82) is 0 Å². The normalized spacial score (nSPS) is 10.3. The Morgan fingerprint density at radius 3 is 2.58 bits per heavy atom. The molecule has 126 valence electrons. The number of thioether (sulfide) groups is 1. The van der Waals surface area contributed by atoms with Gasteiger partial charge < -0.3 is 15.3 Å². The van der Waals surface area contributed by atoms with E-state index in [4.69, 9.17) is 0 Å². The Morgan fingerprint density at radius 1 is 1.12 bits per heavy atom. The molecule has 0 bridgehead atoms. The number of aliphatic hydroxyl groups excluding tert-OH is 1. The topological polar surface area (TPSA) is 69.6 Å². The van der Waals surface area contributed by atoms with Crippen molar-refractivity contribution in [3.05, 3.63) is 59.7 Å². The van der Waals surface area contributed by atoms with Crippen LogP contribution >= 0.6 is 11.8 Å². The highest BCUT2D eigenvalue weighted by Crippen LogP contribution is 2.24. The lowest BCUT2D eigenvalue weighted by Crippen LogP contribution is -2.23. The van der Waals surface area contributed by atoms with Gasteiger partial charge in [0, 0.05) is 24.7 Å². The Morgan fingerprint density at radius 2 is 1.88 bits per heavy atom. The molecule has 0 radical (unpaired) electrons. The van der Waals surface area contributed by atoms with Crippen LogP contribution in [0.2, 0.25) is 0 Å². The highest BCUT2D eigenvalue weighted by atomic mass is 32.2. The van der Waals surface area contributed by atoms with Gasteiger partial charge in [0.15, 0.2) is 0 Å². The third-order valence-corrected chi connectivity index (χ3v) is 4.41. The van der Waals surface area contributed by atoms with Gasteiger partial charge in [-0.3, -0.25) is 9.59 Å². The zero-order chi connectivity index (χ0) is 17.5. The summed E-state index contributed by atoms with van der Waals surface area (Å²) in [5, 5.41) is 12.0. The van der Waals surface area contributed by atoms with Crippen LogP contribution in [0.15, 0.2) is 53.4 Å². The summed E-state index contributed by atoms with van der Waals surface area (Å²) < 4.78 is 0. The SMILES string of the molecule is CN(C)C(=O)CSc1ccccc1C(=O)Nc1cccc(CO)c1. The predicted octanol–water partition coefficient (Wildman–Crippen LogP) is 2.61. The van der Waals surface area contributed by atoms with Crippen LogP contribution in [-0.4, -0.2) is 41.7 Å². The minimum absolute atomic E-state index is 0.00846. The summed E-state index contributed by atoms with van der Waals surface area (Å²) in [7, 11) is 3.41. The van der Waals surface area contributed by atoms with Crippen molar-refractivity contribution >= 4 is 29.3 Å². The summed E-state index contributed by atoms with van der Waals surface area (Å²) in [4.78, 5) is 26.5. The van der Waals surface area contributed by atoms with E-state index in [1.54, 1.807) is 50.5 Å². The number of rotatable bonds is 6. The van der Waals surface area contributed by atoms with Gasteiger partial charge in [0.2, 0.25) is 5.91 Å². The van der Waals surface area contributed by atoms with Crippen LogP contribution in [0, 0.1) is 0 Å². The summed E-state index contributed by atoms with van der Waals surface area (Å²) in [6, 6.07) is 14.2. The molecule has 0 aliphatic heterocycles. The molecule has 24 heavy (non-hydrogen) atoms. The van der Waals surface area contributed by atoms with Gasteiger partial charge in [0.25, 0.3) is 5.91 Å². The zero-order valence-electron chi connectivity index (χ0n) is 13.7. The van der Waals surface area contributed by atoms with Gasteiger partial charge in [-0.25, -0.2) is 0 Å². The van der Waals surface area contributed by atoms with Crippen molar-refractivity contribution in [3.63, 3.8) is 0 Å². The number of amides is 2. The maximum absolute atomic E-state index is 12.5. The fourth-order valence-corrected chi connectivity index (χ4v) is 3.02. The molecule has 0 heterocycles. The molecule has 2 aromatic carbocycles. The van der Waals surface area contributed by atoms with Crippen molar-refractivity contribution in [3.8, 4) is 0 Å². The first kappa shape index (κ1) is 18.0. The second-order valence-electron chi connectivity index (χ2n) is 5.39. The lowest BCUT2D eigenvalue weighted by atomic mass is 10.2. The van der Waals surface area contributed by atoms with Crippen LogP contribution in [0.4, 0.5) is 5.69 Å². The molecule has 5 nitrogen and oxygen atoms in total. The van der Waals surface area contributed by atoms with Crippen molar-refractivity contribution < 1.29 is 14.7 Å². The highest BCUT2D eigenvalue weighted by molar-refractivity contribution is 8.00. The van der Waals surface area contributed by atoms with Gasteiger partial charge in [-0.15, -0.1) is 11.8 Å². The van der Waals surface area contributed by atoms with Crippen LogP contribution in [0.5, 0.6) is 0 Å². The van der Waals surface area contributed by atoms with E-state index in [0.717, 1.165) is 10.5 Å². The monoisotopic (exact) mass is 344 g/mol. The summed E-state index contributed by atoms with van der Waals surface area (Å²) in [6.45, 7) is -0.0806. The first-order valence-electron chi connectivity index (χ1n) is 7.44. The first-order chi connectivity index (χ1) is 11.5. The molecule has 2 rings (SSSR count). The number of hydrogen-bond acceptors (Lipinski definition) is 4. The molecule has 2 aromatic rings. The van der Waals surface area contributed by atoms with E-state index in [2.05, 4.69) is 5.32 Å². The molecular weight excluding hydrogens is 324 g/mol. The van der Waals surface area contributed by atoms with Gasteiger partial charge in [-0.05, 0) is 29.8 Å². The van der Waals surface area contributed by atoms with Crippen LogP contribution in [0.25, 0.3) is 0 Å². The molecule has 6 heteroatoms. The van der Waals surface area contributed by atoms with Gasteiger partial charge >= 0.3 is 0 Å². The standard InChI is InChI=1S/C18H20N2O3S/c1-20(2)17(22)12-24-16-9-4-3-8-15(16)18(23)19-14-7-5-6-13(10-14)11-21/h3-10,21H,11-12H2,1-2H3,(H,19,23). The zero-order valence-corrected chi connectivity index (χ0v) is 14.5. The van der Waals surface area contributed by atoms with E-state index in [1.807, 2.05) is 12.1 Å². The smallest absolute Gasteiger partial charge is 0.256 e. The fraction of sp³-hybridized carbons (Fsp3) is 0.222. The number of benzene rings is 2. The average Bonchev–Trinajstić information content (AvgIpc) is 2.59. The van der Waals surface area contributed by atoms with E-state index in [1.165, 1.54) is 16.7 Å². The largest absolute Gasteiger partial charge is 0.392 e. The molecule has 0 aliphatic rings. The first-order valence-corrected chi connectivity index (χ1v) is 8.43. The molecule has 0 fully saturated rings. The van der Waals surface area contributed by atoms with Gasteiger partial charge in [0.05, 0.1) is 17.9 Å². The number of nitrogens with one attached hydrogen (secondary N) is 1. The number of carbonyl (C=O) groups excluding carboxylic acids is 2. The van der Waals surface area contributed by atoms with Gasteiger partial charge in [-0.2, -0.15) is 0 Å². The average molecular weight is 344 g/mol. The number of carbonyl (C=O) groups is 2. The molecule has 0 unspecified atom stereocenters. The molecule has 0 atom stereocenters. The number of hydrogen-bond donors (Lipinski definition) is 2. The van der Waals surface area contributed by atoms with E-state index < -0.39 is 0 Å². The maximum atomic E-state index is 12.5. The lowest BCUT2D eigenvalue weighted by molar-refractivity contribution is -0.125. The molecule has 2 N–H and O–H groups in total. The van der Waals surface area contributed by atoms with Gasteiger partial charge in [0.1, 0.15) is 0 Å². The fourth-order valence-electron chi connectivity index (χ4n) is 1.99. The third kappa shape index (κ3) is 4.84. The van der Waals surface area contributed by atoms with E-state index >= 15 is 0 Å². The number of nitrogens with zero attached hydrogens (tertiary/aromatic N) is 1. The van der Waals surface area contributed by atoms with Crippen LogP contribution in [0.1, 0.15) is 15.9 Å². The molecular formula is C18H20N2O3S. The van der Waals surface area contributed by atoms with Crippen molar-refractivity contribution in [2.75, 3.05) is 25.2 Å². The van der Waals surface area contributed by atoms with Crippen LogP contribution in [-0.2, 0) is 11.4 Å².